The number of nitrogens with zero attached hydrogens (tertiary/aromatic N) is 1. The molecular formula is C12H9BrF2N2O. The van der Waals surface area contributed by atoms with Gasteiger partial charge in [0.15, 0.2) is 11.6 Å². The summed E-state index contributed by atoms with van der Waals surface area (Å²) in [4.78, 5) is 4.02. The van der Waals surface area contributed by atoms with Gasteiger partial charge in [-0.1, -0.05) is 15.9 Å². The van der Waals surface area contributed by atoms with Gasteiger partial charge in [0.1, 0.15) is 0 Å². The van der Waals surface area contributed by atoms with E-state index in [-0.39, 0.29) is 17.3 Å². The van der Waals surface area contributed by atoms with Gasteiger partial charge >= 0.3 is 0 Å². The van der Waals surface area contributed by atoms with E-state index >= 15 is 0 Å². The highest BCUT2D eigenvalue weighted by molar-refractivity contribution is 9.10. The van der Waals surface area contributed by atoms with Gasteiger partial charge in [-0.3, -0.25) is 0 Å². The monoisotopic (exact) mass is 314 g/mol. The Kier molecular flexibility index (Phi) is 3.47. The molecule has 0 aliphatic carbocycles. The highest BCUT2D eigenvalue weighted by Gasteiger charge is 2.14. The quantitative estimate of drug-likeness (QED) is 0.858. The van der Waals surface area contributed by atoms with Gasteiger partial charge in [-0.25, -0.2) is 9.37 Å². The number of aromatic nitrogens is 1. The molecule has 94 valence electrons. The van der Waals surface area contributed by atoms with Gasteiger partial charge in [0.2, 0.25) is 11.7 Å². The average molecular weight is 315 g/mol. The Bertz CT molecular complexity index is 605. The number of hydrogen-bond donors (Lipinski definition) is 1. The molecule has 1 aromatic heterocycles. The zero-order chi connectivity index (χ0) is 13.3. The largest absolute Gasteiger partial charge is 0.434 e. The number of benzene rings is 1. The second-order valence-corrected chi connectivity index (χ2v) is 4.56. The first-order valence-corrected chi connectivity index (χ1v) is 5.82. The molecule has 0 spiro atoms. The normalized spacial score (nSPS) is 10.4. The molecule has 0 saturated heterocycles. The lowest BCUT2D eigenvalue weighted by molar-refractivity contribution is 0.406. The fourth-order valence-corrected chi connectivity index (χ4v) is 1.75. The number of anilines is 1. The molecule has 2 N–H and O–H groups in total. The first-order valence-electron chi connectivity index (χ1n) is 5.03. The first-order chi connectivity index (χ1) is 8.47. The lowest BCUT2D eigenvalue weighted by Gasteiger charge is -2.09. The summed E-state index contributed by atoms with van der Waals surface area (Å²) in [6.45, 7) is 1.74. The van der Waals surface area contributed by atoms with E-state index in [4.69, 9.17) is 10.5 Å². The van der Waals surface area contributed by atoms with E-state index in [2.05, 4.69) is 20.9 Å². The number of halogens is 3. The molecule has 1 aromatic carbocycles. The van der Waals surface area contributed by atoms with Crippen molar-refractivity contribution >= 4 is 21.6 Å². The van der Waals surface area contributed by atoms with Gasteiger partial charge in [-0.05, 0) is 31.2 Å². The van der Waals surface area contributed by atoms with Crippen molar-refractivity contribution in [3.8, 4) is 11.6 Å². The third-order valence-electron chi connectivity index (χ3n) is 2.20. The molecule has 0 unspecified atom stereocenters. The molecule has 0 saturated carbocycles. The third-order valence-corrected chi connectivity index (χ3v) is 2.65. The van der Waals surface area contributed by atoms with Gasteiger partial charge in [0.05, 0.1) is 5.69 Å². The van der Waals surface area contributed by atoms with Crippen molar-refractivity contribution in [3.63, 3.8) is 0 Å². The Balaban J connectivity index is 2.43. The summed E-state index contributed by atoms with van der Waals surface area (Å²) in [5, 5.41) is 0. The van der Waals surface area contributed by atoms with Crippen LogP contribution in [-0.4, -0.2) is 4.98 Å². The summed E-state index contributed by atoms with van der Waals surface area (Å²) >= 11 is 3.06. The van der Waals surface area contributed by atoms with Gasteiger partial charge in [-0.2, -0.15) is 4.39 Å². The van der Waals surface area contributed by atoms with Crippen LogP contribution in [0.4, 0.5) is 14.5 Å². The van der Waals surface area contributed by atoms with Crippen LogP contribution in [0.2, 0.25) is 0 Å². The van der Waals surface area contributed by atoms with Crippen LogP contribution in [0.3, 0.4) is 0 Å². The summed E-state index contributed by atoms with van der Waals surface area (Å²) in [5.74, 6) is -2.32. The molecular weight excluding hydrogens is 306 g/mol. The predicted octanol–water partition coefficient (Wildman–Crippen LogP) is 3.81. The van der Waals surface area contributed by atoms with Crippen LogP contribution in [0, 0.1) is 18.6 Å². The molecule has 0 amide bonds. The maximum absolute atomic E-state index is 13.5. The third kappa shape index (κ3) is 2.59. The Morgan fingerprint density at radius 3 is 2.72 bits per heavy atom. The molecule has 18 heavy (non-hydrogen) atoms. The smallest absolute Gasteiger partial charge is 0.243 e. The fraction of sp³-hybridized carbons (Fsp3) is 0.0833. The van der Waals surface area contributed by atoms with Crippen LogP contribution < -0.4 is 10.5 Å². The van der Waals surface area contributed by atoms with Gasteiger partial charge in [-0.15, -0.1) is 0 Å². The van der Waals surface area contributed by atoms with Gasteiger partial charge < -0.3 is 10.5 Å². The summed E-state index contributed by atoms with van der Waals surface area (Å²) in [6, 6.07) is 5.60. The molecule has 2 rings (SSSR count). The molecule has 3 nitrogen and oxygen atoms in total. The minimum absolute atomic E-state index is 0.0476. The molecule has 0 aliphatic heterocycles. The van der Waals surface area contributed by atoms with Crippen molar-refractivity contribution in [1.82, 2.24) is 4.98 Å². The van der Waals surface area contributed by atoms with E-state index in [1.807, 2.05) is 0 Å². The maximum atomic E-state index is 13.5. The van der Waals surface area contributed by atoms with Crippen LogP contribution in [0.5, 0.6) is 11.6 Å². The van der Waals surface area contributed by atoms with E-state index in [0.29, 0.717) is 10.2 Å². The highest BCUT2D eigenvalue weighted by Crippen LogP contribution is 2.31. The number of ether oxygens (including phenoxy) is 1. The standard InChI is InChI=1S/C12H9BrF2N2O/c1-6-2-3-9(16)12(17-6)18-10-5-7(13)4-8(14)11(10)15/h2-5H,16H2,1H3. The minimum atomic E-state index is -1.08. The highest BCUT2D eigenvalue weighted by atomic mass is 79.9. The molecule has 0 bridgehead atoms. The number of hydrogen-bond acceptors (Lipinski definition) is 3. The Hall–Kier alpha value is -1.69. The van der Waals surface area contributed by atoms with Crippen LogP contribution in [0.1, 0.15) is 5.69 Å². The Morgan fingerprint density at radius 1 is 1.28 bits per heavy atom. The van der Waals surface area contributed by atoms with Crippen LogP contribution >= 0.6 is 15.9 Å². The first kappa shape index (κ1) is 12.8. The second-order valence-electron chi connectivity index (χ2n) is 3.65. The van der Waals surface area contributed by atoms with Gasteiger partial charge in [0, 0.05) is 10.2 Å². The molecule has 0 atom stereocenters. The van der Waals surface area contributed by atoms with Gasteiger partial charge in [0.25, 0.3) is 0 Å². The second kappa shape index (κ2) is 4.89. The van der Waals surface area contributed by atoms with Crippen LogP contribution in [-0.2, 0) is 0 Å². The van der Waals surface area contributed by atoms with Crippen molar-refractivity contribution in [2.24, 2.45) is 0 Å². The van der Waals surface area contributed by atoms with E-state index in [0.717, 1.165) is 6.07 Å². The fourth-order valence-electron chi connectivity index (χ4n) is 1.34. The van der Waals surface area contributed by atoms with E-state index < -0.39 is 11.6 Å². The van der Waals surface area contributed by atoms with E-state index in [1.54, 1.807) is 19.1 Å². The zero-order valence-corrected chi connectivity index (χ0v) is 11.0. The Labute approximate surface area is 111 Å². The predicted molar refractivity (Wildman–Crippen MR) is 67.5 cm³/mol. The SMILES string of the molecule is Cc1ccc(N)c(Oc2cc(Br)cc(F)c2F)n1. The Morgan fingerprint density at radius 2 is 2.00 bits per heavy atom. The molecule has 0 radical (unpaired) electrons. The number of rotatable bonds is 2. The molecule has 2 aromatic rings. The summed E-state index contributed by atoms with van der Waals surface area (Å²) in [5.41, 5.74) is 6.56. The summed E-state index contributed by atoms with van der Waals surface area (Å²) < 4.78 is 32.3. The molecule has 1 heterocycles. The molecule has 0 aliphatic rings. The lowest BCUT2D eigenvalue weighted by Crippen LogP contribution is -1.99. The van der Waals surface area contributed by atoms with E-state index in [9.17, 15) is 8.78 Å². The number of nitrogen functional groups attached to an aromatic ring is 1. The van der Waals surface area contributed by atoms with Crippen LogP contribution in [0.15, 0.2) is 28.7 Å². The van der Waals surface area contributed by atoms with Crippen molar-refractivity contribution in [2.75, 3.05) is 5.73 Å². The van der Waals surface area contributed by atoms with E-state index in [1.165, 1.54) is 6.07 Å². The lowest BCUT2D eigenvalue weighted by atomic mass is 10.3. The van der Waals surface area contributed by atoms with Crippen molar-refractivity contribution < 1.29 is 13.5 Å². The summed E-state index contributed by atoms with van der Waals surface area (Å²) in [7, 11) is 0. The number of pyridine rings is 1. The zero-order valence-electron chi connectivity index (χ0n) is 9.38. The van der Waals surface area contributed by atoms with Crippen molar-refractivity contribution in [3.05, 3.63) is 46.1 Å². The van der Waals surface area contributed by atoms with Crippen molar-refractivity contribution in [1.29, 1.82) is 0 Å². The minimum Gasteiger partial charge on any atom is -0.434 e. The number of aryl methyl sites for hydroxylation is 1. The molecule has 6 heteroatoms. The molecule has 0 fully saturated rings. The number of nitrogens with two attached hydrogens (primary N) is 1. The van der Waals surface area contributed by atoms with Crippen molar-refractivity contribution in [2.45, 2.75) is 6.92 Å². The average Bonchev–Trinajstić information content (AvgIpc) is 2.30. The topological polar surface area (TPSA) is 48.1 Å². The summed E-state index contributed by atoms with van der Waals surface area (Å²) in [6.07, 6.45) is 0. The maximum Gasteiger partial charge on any atom is 0.243 e. The van der Waals surface area contributed by atoms with Crippen LogP contribution in [0.25, 0.3) is 0 Å².